The summed E-state index contributed by atoms with van der Waals surface area (Å²) < 4.78 is 107. The maximum Gasteiger partial charge on any atom is 0.414 e. The van der Waals surface area contributed by atoms with Crippen LogP contribution in [-0.4, -0.2) is 52.7 Å². The second kappa shape index (κ2) is 9.30. The topological polar surface area (TPSA) is 77.8 Å². The highest BCUT2D eigenvalue weighted by molar-refractivity contribution is 6.27. The first-order valence-electron chi connectivity index (χ1n) is 14.1. The molecule has 1 heterocycles. The molecule has 1 aliphatic carbocycles. The first kappa shape index (κ1) is 9.98. The molecule has 1 aliphatic heterocycles. The van der Waals surface area contributed by atoms with E-state index < -0.39 is 50.0 Å². The largest absolute Gasteiger partial charge is 0.473 e. The van der Waals surface area contributed by atoms with Gasteiger partial charge in [0.1, 0.15) is 6.15 Å². The number of likely N-dealkylation sites (tertiary alicyclic amines) is 1. The van der Waals surface area contributed by atoms with Crippen LogP contribution in [0.4, 0.5) is 4.39 Å². The van der Waals surface area contributed by atoms with Gasteiger partial charge in [0.15, 0.2) is 0 Å². The second-order valence-electron chi connectivity index (χ2n) is 5.69. The Balaban J connectivity index is 0.000000507. The van der Waals surface area contributed by atoms with Crippen molar-refractivity contribution in [1.82, 2.24) is 4.90 Å². The molecule has 2 N–H and O–H groups in total. The van der Waals surface area contributed by atoms with Gasteiger partial charge in [0.05, 0.1) is 2.74 Å². The molecule has 0 unspecified atom stereocenters. The molecule has 6 heteroatoms. The van der Waals surface area contributed by atoms with E-state index in [1.54, 1.807) is 60.7 Å². The van der Waals surface area contributed by atoms with E-state index in [1.807, 2.05) is 0 Å². The minimum atomic E-state index is -3.83. The Morgan fingerprint density at radius 1 is 1.14 bits per heavy atom. The Bertz CT molecular complexity index is 1340. The molecule has 0 amide bonds. The number of hydrogen-bond donors (Lipinski definition) is 2. The number of hydrogen-bond acceptors (Lipinski definition) is 5. The van der Waals surface area contributed by atoms with Crippen LogP contribution in [0.25, 0.3) is 20.6 Å². The monoisotopic (exact) mass is 407 g/mol. The van der Waals surface area contributed by atoms with Crippen molar-refractivity contribution in [2.75, 3.05) is 19.5 Å². The zero-order chi connectivity index (χ0) is 31.2. The molecule has 2 aliphatic rings. The third-order valence-electron chi connectivity index (χ3n) is 3.84. The van der Waals surface area contributed by atoms with Gasteiger partial charge >= 0.3 is 11.9 Å². The summed E-state index contributed by atoms with van der Waals surface area (Å²) in [5, 5.41) is 6.24. The van der Waals surface area contributed by atoms with Crippen molar-refractivity contribution < 1.29 is 37.9 Å². The highest BCUT2D eigenvalue weighted by Gasteiger charge is 2.25. The van der Waals surface area contributed by atoms with Gasteiger partial charge in [-0.15, -0.1) is 0 Å². The molecule has 0 atom stereocenters. The highest BCUT2D eigenvalue weighted by Crippen LogP contribution is 2.33. The van der Waals surface area contributed by atoms with Gasteiger partial charge in [-0.1, -0.05) is 66.7 Å². The van der Waals surface area contributed by atoms with E-state index in [9.17, 15) is 14.0 Å². The molecule has 2 aromatic rings. The maximum atomic E-state index is 14.5. The zero-order valence-electron chi connectivity index (χ0n) is 26.7. The summed E-state index contributed by atoms with van der Waals surface area (Å²) in [5.41, 5.74) is 2.23. The standard InChI is InChI=1S/C21H20FN.C2H2O4/c22-18-14-23(15-18)13-5-10-21-19-8-3-1-6-16(19)11-12-17-7-2-4-9-20(17)21;3-1(4)2(5)6/h1-4,6-12,18H,5,13-15H2;(H,3,4)(H,5,6)/i5D2,10D,13D2,14D2,15D2,18D;/hD2. The van der Waals surface area contributed by atoms with Gasteiger partial charge in [-0.3, -0.25) is 4.90 Å². The van der Waals surface area contributed by atoms with E-state index in [1.165, 1.54) is 0 Å². The lowest BCUT2D eigenvalue weighted by Gasteiger charge is -2.33. The number of carboxylic acid groups (broad SMARTS) is 2. The fraction of sp³-hybridized carbons (Fsp3) is 0.217. The number of nitrogens with zero attached hydrogens (tertiary/aromatic N) is 1. The molecule has 0 bridgehead atoms. The molecule has 1 fully saturated rings. The predicted octanol–water partition coefficient (Wildman–Crippen LogP) is 3.80. The Labute approximate surface area is 185 Å². The number of benzene rings is 2. The summed E-state index contributed by atoms with van der Waals surface area (Å²) in [6, 6.07) is 12.8. The summed E-state index contributed by atoms with van der Waals surface area (Å²) in [4.78, 5) is 19.2. The second-order valence-corrected chi connectivity index (χ2v) is 5.69. The molecule has 29 heavy (non-hydrogen) atoms. The van der Waals surface area contributed by atoms with Crippen LogP contribution in [0.15, 0.2) is 54.6 Å². The van der Waals surface area contributed by atoms with Gasteiger partial charge < -0.3 is 10.2 Å². The molecule has 0 spiro atoms. The quantitative estimate of drug-likeness (QED) is 0.646. The van der Waals surface area contributed by atoms with Gasteiger partial charge in [0.2, 0.25) is 0 Å². The molecule has 4 rings (SSSR count). The lowest BCUT2D eigenvalue weighted by atomic mass is 9.92. The zero-order valence-corrected chi connectivity index (χ0v) is 14.7. The molecule has 1 saturated heterocycles. The van der Waals surface area contributed by atoms with Crippen LogP contribution in [0, 0.1) is 0 Å². The van der Waals surface area contributed by atoms with Gasteiger partial charge in [-0.2, -0.15) is 0 Å². The Morgan fingerprint density at radius 2 is 1.66 bits per heavy atom. The van der Waals surface area contributed by atoms with E-state index in [4.69, 9.17) is 16.6 Å². The third kappa shape index (κ3) is 5.18. The fourth-order valence-electron chi connectivity index (χ4n) is 2.60. The Kier molecular flexibility index (Phi) is 3.20. The average Bonchev–Trinajstić information content (AvgIpc) is 3.08. The van der Waals surface area contributed by atoms with Crippen LogP contribution in [0.1, 0.15) is 42.3 Å². The van der Waals surface area contributed by atoms with Crippen LogP contribution >= 0.6 is 0 Å². The van der Waals surface area contributed by atoms with Gasteiger partial charge in [0, 0.05) is 30.5 Å². The minimum absolute atomic E-state index is 0.0547. The molecule has 0 radical (unpaired) electrons. The van der Waals surface area contributed by atoms with Crippen LogP contribution in [-0.2, 0) is 9.59 Å². The van der Waals surface area contributed by atoms with Crippen molar-refractivity contribution in [3.8, 4) is 0 Å². The van der Waals surface area contributed by atoms with Crippen molar-refractivity contribution in [2.24, 2.45) is 0 Å². The predicted molar refractivity (Wildman–Crippen MR) is 110 cm³/mol. The van der Waals surface area contributed by atoms with Crippen LogP contribution in [0.5, 0.6) is 0 Å². The summed E-state index contributed by atoms with van der Waals surface area (Å²) >= 11 is 0. The number of fused-ring (bicyclic) bond motifs is 2. The van der Waals surface area contributed by atoms with Crippen LogP contribution in [0.2, 0.25) is 0 Å². The normalized spacial score (nSPS) is 26.4. The SMILES string of the molecule is [2H]C(=C1c2ccccc2C=Cc2ccccc21)C([2H])([2H])C([2H])([2H])N1C([2H])([2H])C([2H])(F)C1([2H])[2H].[2H]OC(=O)C(=O)O[2H]. The van der Waals surface area contributed by atoms with Crippen molar-refractivity contribution in [2.45, 2.75) is 12.5 Å². The van der Waals surface area contributed by atoms with Crippen molar-refractivity contribution >= 4 is 29.7 Å². The number of rotatable bonds is 3. The summed E-state index contributed by atoms with van der Waals surface area (Å²) in [6.07, 6.45) is -3.57. The maximum absolute atomic E-state index is 14.5. The van der Waals surface area contributed by atoms with E-state index >= 15 is 0 Å². The highest BCUT2D eigenvalue weighted by atomic mass is 19.1. The summed E-state index contributed by atoms with van der Waals surface area (Å²) in [6.45, 7) is -10.5. The smallest absolute Gasteiger partial charge is 0.414 e. The van der Waals surface area contributed by atoms with E-state index in [2.05, 4.69) is 10.2 Å². The van der Waals surface area contributed by atoms with E-state index in [0.717, 1.165) is 0 Å². The summed E-state index contributed by atoms with van der Waals surface area (Å²) in [5.74, 6) is -3.00. The van der Waals surface area contributed by atoms with Crippen LogP contribution < -0.4 is 0 Å². The molecule has 5 nitrogen and oxygen atoms in total. The number of halogens is 1. The van der Waals surface area contributed by atoms with Crippen molar-refractivity contribution in [3.05, 3.63) is 76.8 Å². The first-order chi connectivity index (χ1) is 18.8. The van der Waals surface area contributed by atoms with Gasteiger partial charge in [-0.25, -0.2) is 14.0 Å². The third-order valence-corrected chi connectivity index (χ3v) is 3.84. The molecular weight excluding hydrogens is 373 g/mol. The lowest BCUT2D eigenvalue weighted by molar-refractivity contribution is -0.159. The molecular formula is C23H22FNO4. The molecule has 0 saturated carbocycles. The van der Waals surface area contributed by atoms with Gasteiger partial charge in [0.25, 0.3) is 2.86 Å². The number of carbonyl (C=O) groups is 2. The lowest BCUT2D eigenvalue weighted by Crippen LogP contribution is -2.48. The Hall–Kier alpha value is -3.25. The molecule has 2 aromatic carbocycles. The van der Waals surface area contributed by atoms with Crippen LogP contribution in [0.3, 0.4) is 0 Å². The first-order valence-corrected chi connectivity index (χ1v) is 8.24. The van der Waals surface area contributed by atoms with Crippen molar-refractivity contribution in [1.29, 1.82) is 2.86 Å². The summed E-state index contributed by atoms with van der Waals surface area (Å²) in [7, 11) is 0. The molecule has 150 valence electrons. The Morgan fingerprint density at radius 3 is 2.17 bits per heavy atom. The number of aliphatic carboxylic acids is 2. The van der Waals surface area contributed by atoms with Crippen molar-refractivity contribution in [3.63, 3.8) is 0 Å². The van der Waals surface area contributed by atoms with E-state index in [-0.39, 0.29) is 10.5 Å². The van der Waals surface area contributed by atoms with Gasteiger partial charge in [-0.05, 0) is 34.2 Å². The number of alkyl halides is 1. The van der Waals surface area contributed by atoms with E-state index in [0.29, 0.717) is 22.3 Å². The number of carboxylic acids is 2. The molecule has 0 aromatic heterocycles. The average molecular weight is 408 g/mol. The fourth-order valence-corrected chi connectivity index (χ4v) is 2.60. The minimum Gasteiger partial charge on any atom is -0.473 e.